The van der Waals surface area contributed by atoms with Gasteiger partial charge in [0.1, 0.15) is 18.2 Å². The number of halogens is 1. The Balaban J connectivity index is 1.86. The van der Waals surface area contributed by atoms with Crippen molar-refractivity contribution in [2.24, 2.45) is 0 Å². The second kappa shape index (κ2) is 8.41. The van der Waals surface area contributed by atoms with E-state index in [4.69, 9.17) is 9.47 Å². The molecule has 0 spiro atoms. The summed E-state index contributed by atoms with van der Waals surface area (Å²) in [5.74, 6) is 0.726. The van der Waals surface area contributed by atoms with Crippen molar-refractivity contribution in [1.82, 2.24) is 14.8 Å². The molecule has 0 saturated heterocycles. The van der Waals surface area contributed by atoms with Gasteiger partial charge in [-0.25, -0.2) is 4.39 Å². The first-order valence-corrected chi connectivity index (χ1v) is 8.22. The standard InChI is InChI=1S/C19H19FN4O3/c1-26-12-17(25)24-19(21-11-13-3-7-15(20)8-4-13)22-18(23-24)14-5-9-16(27-2)10-6-14/h3-10H,11-12H2,1-2H3,(H,21,22,23). The van der Waals surface area contributed by atoms with Crippen LogP contribution in [0, 0.1) is 5.82 Å². The fourth-order valence-electron chi connectivity index (χ4n) is 2.43. The molecule has 0 saturated carbocycles. The van der Waals surface area contributed by atoms with Crippen LogP contribution in [0.5, 0.6) is 5.75 Å². The summed E-state index contributed by atoms with van der Waals surface area (Å²) in [6, 6.07) is 13.3. The van der Waals surface area contributed by atoms with Gasteiger partial charge < -0.3 is 14.8 Å². The molecule has 0 amide bonds. The number of anilines is 1. The second-order valence-corrected chi connectivity index (χ2v) is 5.71. The summed E-state index contributed by atoms with van der Waals surface area (Å²) in [4.78, 5) is 16.7. The van der Waals surface area contributed by atoms with Crippen molar-refractivity contribution in [2.45, 2.75) is 6.54 Å². The number of carbonyl (C=O) groups excluding carboxylic acids is 1. The summed E-state index contributed by atoms with van der Waals surface area (Å²) < 4.78 is 24.3. The van der Waals surface area contributed by atoms with Crippen LogP contribution in [0.25, 0.3) is 11.4 Å². The molecular formula is C19H19FN4O3. The lowest BCUT2D eigenvalue weighted by molar-refractivity contribution is 0.0748. The van der Waals surface area contributed by atoms with Gasteiger partial charge in [0.25, 0.3) is 5.91 Å². The fraction of sp³-hybridized carbons (Fsp3) is 0.211. The van der Waals surface area contributed by atoms with Gasteiger partial charge in [0.15, 0.2) is 5.82 Å². The monoisotopic (exact) mass is 370 g/mol. The molecule has 140 valence electrons. The minimum absolute atomic E-state index is 0.128. The molecule has 0 unspecified atom stereocenters. The van der Waals surface area contributed by atoms with Crippen LogP contribution < -0.4 is 10.1 Å². The number of hydrogen-bond acceptors (Lipinski definition) is 6. The smallest absolute Gasteiger partial charge is 0.276 e. The van der Waals surface area contributed by atoms with Crippen LogP contribution in [0.2, 0.25) is 0 Å². The molecule has 27 heavy (non-hydrogen) atoms. The molecule has 3 aromatic rings. The number of aromatic nitrogens is 3. The Bertz CT molecular complexity index is 908. The lowest BCUT2D eigenvalue weighted by atomic mass is 10.2. The maximum Gasteiger partial charge on any atom is 0.276 e. The maximum absolute atomic E-state index is 13.0. The zero-order valence-corrected chi connectivity index (χ0v) is 15.0. The Labute approximate surface area is 155 Å². The molecule has 0 bridgehead atoms. The van der Waals surface area contributed by atoms with Crippen molar-refractivity contribution in [3.05, 3.63) is 59.9 Å². The summed E-state index contributed by atoms with van der Waals surface area (Å²) in [6.45, 7) is 0.234. The predicted molar refractivity (Wildman–Crippen MR) is 98.2 cm³/mol. The Kier molecular flexibility index (Phi) is 5.77. The quantitative estimate of drug-likeness (QED) is 0.689. The highest BCUT2D eigenvalue weighted by Crippen LogP contribution is 2.21. The van der Waals surface area contributed by atoms with Crippen molar-refractivity contribution >= 4 is 11.9 Å². The summed E-state index contributed by atoms with van der Waals surface area (Å²) >= 11 is 0. The van der Waals surface area contributed by atoms with E-state index in [1.807, 2.05) is 12.1 Å². The molecule has 1 aromatic heterocycles. The van der Waals surface area contributed by atoms with E-state index in [-0.39, 0.29) is 24.3 Å². The molecule has 1 N–H and O–H groups in total. The fourth-order valence-corrected chi connectivity index (χ4v) is 2.43. The van der Waals surface area contributed by atoms with E-state index in [2.05, 4.69) is 15.4 Å². The Morgan fingerprint density at radius 3 is 2.44 bits per heavy atom. The van der Waals surface area contributed by atoms with Crippen molar-refractivity contribution in [3.63, 3.8) is 0 Å². The first kappa shape index (κ1) is 18.5. The lowest BCUT2D eigenvalue weighted by Gasteiger charge is -2.06. The van der Waals surface area contributed by atoms with Crippen LogP contribution in [-0.4, -0.2) is 41.5 Å². The molecule has 7 nitrogen and oxygen atoms in total. The van der Waals surface area contributed by atoms with Gasteiger partial charge in [-0.15, -0.1) is 5.10 Å². The number of ether oxygens (including phenoxy) is 2. The number of methoxy groups -OCH3 is 2. The third-order valence-electron chi connectivity index (χ3n) is 3.82. The summed E-state index contributed by atoms with van der Waals surface area (Å²) in [6.07, 6.45) is 0. The zero-order chi connectivity index (χ0) is 19.2. The SMILES string of the molecule is COCC(=O)n1nc(-c2ccc(OC)cc2)nc1NCc1ccc(F)cc1. The predicted octanol–water partition coefficient (Wildman–Crippen LogP) is 2.99. The van der Waals surface area contributed by atoms with Gasteiger partial charge >= 0.3 is 0 Å². The average molecular weight is 370 g/mol. The van der Waals surface area contributed by atoms with Crippen molar-refractivity contribution in [3.8, 4) is 17.1 Å². The van der Waals surface area contributed by atoms with Gasteiger partial charge in [0.05, 0.1) is 7.11 Å². The maximum atomic E-state index is 13.0. The van der Waals surface area contributed by atoms with Gasteiger partial charge in [-0.05, 0) is 42.0 Å². The molecule has 0 radical (unpaired) electrons. The van der Waals surface area contributed by atoms with Crippen LogP contribution in [0.1, 0.15) is 10.4 Å². The van der Waals surface area contributed by atoms with Gasteiger partial charge in [-0.3, -0.25) is 4.79 Å². The first-order valence-electron chi connectivity index (χ1n) is 8.22. The van der Waals surface area contributed by atoms with Crippen LogP contribution in [0.3, 0.4) is 0 Å². The van der Waals surface area contributed by atoms with Crippen LogP contribution in [0.4, 0.5) is 10.3 Å². The summed E-state index contributed by atoms with van der Waals surface area (Å²) in [7, 11) is 3.02. The van der Waals surface area contributed by atoms with Crippen molar-refractivity contribution in [2.75, 3.05) is 26.1 Å². The topological polar surface area (TPSA) is 78.3 Å². The van der Waals surface area contributed by atoms with E-state index in [0.717, 1.165) is 11.1 Å². The van der Waals surface area contributed by atoms with Gasteiger partial charge in [-0.2, -0.15) is 9.67 Å². The summed E-state index contributed by atoms with van der Waals surface area (Å²) in [5, 5.41) is 7.36. The Morgan fingerprint density at radius 1 is 1.11 bits per heavy atom. The van der Waals surface area contributed by atoms with Crippen molar-refractivity contribution in [1.29, 1.82) is 0 Å². The number of nitrogens with zero attached hydrogens (tertiary/aromatic N) is 3. The van der Waals surface area contributed by atoms with E-state index in [0.29, 0.717) is 18.1 Å². The van der Waals surface area contributed by atoms with Crippen LogP contribution in [0.15, 0.2) is 48.5 Å². The van der Waals surface area contributed by atoms with Gasteiger partial charge in [0, 0.05) is 19.2 Å². The molecule has 0 atom stereocenters. The zero-order valence-electron chi connectivity index (χ0n) is 15.0. The highest BCUT2D eigenvalue weighted by molar-refractivity contribution is 5.82. The second-order valence-electron chi connectivity index (χ2n) is 5.71. The van der Waals surface area contributed by atoms with E-state index >= 15 is 0 Å². The van der Waals surface area contributed by atoms with Gasteiger partial charge in [0.2, 0.25) is 5.95 Å². The molecule has 3 rings (SSSR count). The number of rotatable bonds is 7. The van der Waals surface area contributed by atoms with Crippen LogP contribution in [-0.2, 0) is 11.3 Å². The lowest BCUT2D eigenvalue weighted by Crippen LogP contribution is -2.20. The highest BCUT2D eigenvalue weighted by atomic mass is 19.1. The minimum Gasteiger partial charge on any atom is -0.497 e. The van der Waals surface area contributed by atoms with Crippen LogP contribution >= 0.6 is 0 Å². The average Bonchev–Trinajstić information content (AvgIpc) is 3.12. The molecule has 8 heteroatoms. The minimum atomic E-state index is -0.355. The van der Waals surface area contributed by atoms with E-state index in [1.54, 1.807) is 31.4 Å². The number of nitrogens with one attached hydrogen (secondary N) is 1. The summed E-state index contributed by atoms with van der Waals surface area (Å²) in [5.41, 5.74) is 1.58. The first-order chi connectivity index (χ1) is 13.1. The van der Waals surface area contributed by atoms with E-state index < -0.39 is 0 Å². The number of carbonyl (C=O) groups is 1. The molecule has 1 heterocycles. The molecule has 0 aliphatic carbocycles. The number of benzene rings is 2. The molecular weight excluding hydrogens is 351 g/mol. The Morgan fingerprint density at radius 2 is 1.81 bits per heavy atom. The largest absolute Gasteiger partial charge is 0.497 e. The Hall–Kier alpha value is -3.26. The molecule has 0 aliphatic heterocycles. The van der Waals surface area contributed by atoms with E-state index in [1.165, 1.54) is 23.9 Å². The molecule has 0 aliphatic rings. The normalized spacial score (nSPS) is 10.6. The third-order valence-corrected chi connectivity index (χ3v) is 3.82. The van der Waals surface area contributed by atoms with Gasteiger partial charge in [-0.1, -0.05) is 12.1 Å². The highest BCUT2D eigenvalue weighted by Gasteiger charge is 2.17. The third kappa shape index (κ3) is 4.48. The number of hydrogen-bond donors (Lipinski definition) is 1. The molecule has 0 fully saturated rings. The van der Waals surface area contributed by atoms with Crippen molar-refractivity contribution < 1.29 is 18.7 Å². The van der Waals surface area contributed by atoms with E-state index in [9.17, 15) is 9.18 Å². The molecule has 2 aromatic carbocycles.